The summed E-state index contributed by atoms with van der Waals surface area (Å²) in [5.74, 6) is -0.0324. The molecule has 1 aliphatic rings. The molecule has 0 radical (unpaired) electrons. The Morgan fingerprint density at radius 3 is 2.74 bits per heavy atom. The average Bonchev–Trinajstić information content (AvgIpc) is 3.54. The maximum Gasteiger partial charge on any atom is 0.261 e. The third-order valence-corrected chi connectivity index (χ3v) is 7.67. The van der Waals surface area contributed by atoms with E-state index >= 15 is 0 Å². The molecule has 0 aliphatic carbocycles. The Morgan fingerprint density at radius 1 is 1.19 bits per heavy atom. The van der Waals surface area contributed by atoms with Gasteiger partial charge in [0.2, 0.25) is 0 Å². The van der Waals surface area contributed by atoms with Crippen LogP contribution >= 0.6 is 22.7 Å². The van der Waals surface area contributed by atoms with Gasteiger partial charge in [0, 0.05) is 29.9 Å². The lowest BCUT2D eigenvalue weighted by Gasteiger charge is -2.34. The minimum absolute atomic E-state index is 0.0324. The van der Waals surface area contributed by atoms with Gasteiger partial charge in [0.1, 0.15) is 4.83 Å². The zero-order valence-electron chi connectivity index (χ0n) is 17.3. The Morgan fingerprint density at radius 2 is 2.00 bits per heavy atom. The zero-order valence-corrected chi connectivity index (χ0v) is 18.9. The smallest absolute Gasteiger partial charge is 0.261 e. The molecule has 160 valence electrons. The number of nitrogens with one attached hydrogen (secondary N) is 1. The third kappa shape index (κ3) is 4.16. The molecule has 6 nitrogen and oxygen atoms in total. The first-order chi connectivity index (χ1) is 15.2. The van der Waals surface area contributed by atoms with E-state index in [0.717, 1.165) is 47.9 Å². The maximum atomic E-state index is 13.1. The molecule has 1 unspecified atom stereocenters. The lowest BCUT2D eigenvalue weighted by Crippen LogP contribution is -2.43. The van der Waals surface area contributed by atoms with Gasteiger partial charge in [-0.15, -0.1) is 22.7 Å². The number of hydrogen-bond donors (Lipinski definition) is 1. The molecule has 1 N–H and O–H groups in total. The van der Waals surface area contributed by atoms with Crippen molar-refractivity contribution in [2.24, 2.45) is 0 Å². The molecule has 1 aromatic carbocycles. The molecule has 1 fully saturated rings. The molecule has 3 aromatic heterocycles. The van der Waals surface area contributed by atoms with E-state index in [1.165, 1.54) is 16.2 Å². The number of ether oxygens (including phenoxy) is 1. The molecular weight excluding hydrogens is 428 g/mol. The summed E-state index contributed by atoms with van der Waals surface area (Å²) in [6, 6.07) is 16.4. The standard InChI is InChI=1S/C23H24N4O2S2/c1-16-18-14-21(31-23(18)27(25-16)17-6-3-2-4-7-17)22(28)24-15-19(20-8-5-13-30-20)26-9-11-29-12-10-26/h2-8,13-14,19H,9-12,15H2,1H3,(H,24,28). The van der Waals surface area contributed by atoms with Gasteiger partial charge >= 0.3 is 0 Å². The van der Waals surface area contributed by atoms with Gasteiger partial charge in [-0.1, -0.05) is 24.3 Å². The summed E-state index contributed by atoms with van der Waals surface area (Å²) in [6.45, 7) is 5.81. The molecule has 0 spiro atoms. The number of fused-ring (bicyclic) bond motifs is 1. The van der Waals surface area contributed by atoms with Crippen LogP contribution in [0.4, 0.5) is 0 Å². The van der Waals surface area contributed by atoms with Crippen molar-refractivity contribution in [2.45, 2.75) is 13.0 Å². The van der Waals surface area contributed by atoms with Crippen LogP contribution < -0.4 is 5.32 Å². The predicted octanol–water partition coefficient (Wildman–Crippen LogP) is 4.26. The highest BCUT2D eigenvalue weighted by atomic mass is 32.1. The number of amides is 1. The monoisotopic (exact) mass is 452 g/mol. The van der Waals surface area contributed by atoms with Crippen LogP contribution in [0.15, 0.2) is 53.9 Å². The van der Waals surface area contributed by atoms with Crippen molar-refractivity contribution in [3.8, 4) is 5.69 Å². The van der Waals surface area contributed by atoms with E-state index in [0.29, 0.717) is 11.4 Å². The van der Waals surface area contributed by atoms with Crippen LogP contribution in [-0.4, -0.2) is 53.4 Å². The summed E-state index contributed by atoms with van der Waals surface area (Å²) in [7, 11) is 0. The van der Waals surface area contributed by atoms with Crippen molar-refractivity contribution in [2.75, 3.05) is 32.8 Å². The number of rotatable bonds is 6. The van der Waals surface area contributed by atoms with Crippen LogP contribution in [0.25, 0.3) is 15.9 Å². The lowest BCUT2D eigenvalue weighted by atomic mass is 10.2. The van der Waals surface area contributed by atoms with Crippen LogP contribution in [-0.2, 0) is 4.74 Å². The van der Waals surface area contributed by atoms with E-state index in [2.05, 4.69) is 32.8 Å². The van der Waals surface area contributed by atoms with Crippen LogP contribution in [0.1, 0.15) is 26.3 Å². The molecule has 4 aromatic rings. The highest BCUT2D eigenvalue weighted by molar-refractivity contribution is 7.20. The van der Waals surface area contributed by atoms with Crippen molar-refractivity contribution in [1.82, 2.24) is 20.0 Å². The van der Waals surface area contributed by atoms with E-state index in [-0.39, 0.29) is 11.9 Å². The molecule has 31 heavy (non-hydrogen) atoms. The van der Waals surface area contributed by atoms with Crippen molar-refractivity contribution >= 4 is 38.8 Å². The van der Waals surface area contributed by atoms with Gasteiger partial charge in [0.05, 0.1) is 35.5 Å². The summed E-state index contributed by atoms with van der Waals surface area (Å²) in [4.78, 5) is 18.4. The Balaban J connectivity index is 1.36. The van der Waals surface area contributed by atoms with E-state index in [9.17, 15) is 4.79 Å². The van der Waals surface area contributed by atoms with Crippen LogP contribution in [0.3, 0.4) is 0 Å². The predicted molar refractivity (Wildman–Crippen MR) is 125 cm³/mol. The van der Waals surface area contributed by atoms with Gasteiger partial charge in [0.25, 0.3) is 5.91 Å². The second kappa shape index (κ2) is 8.92. The molecule has 0 saturated carbocycles. The first-order valence-corrected chi connectivity index (χ1v) is 12.1. The van der Waals surface area contributed by atoms with Crippen molar-refractivity contribution in [3.05, 3.63) is 69.4 Å². The number of morpholine rings is 1. The summed E-state index contributed by atoms with van der Waals surface area (Å²) in [5.41, 5.74) is 1.93. The largest absolute Gasteiger partial charge is 0.379 e. The Hall–Kier alpha value is -2.52. The topological polar surface area (TPSA) is 59.4 Å². The summed E-state index contributed by atoms with van der Waals surface area (Å²) in [6.07, 6.45) is 0. The second-order valence-corrected chi connectivity index (χ2v) is 9.56. The minimum Gasteiger partial charge on any atom is -0.379 e. The van der Waals surface area contributed by atoms with E-state index in [1.807, 2.05) is 48.0 Å². The van der Waals surface area contributed by atoms with E-state index < -0.39 is 0 Å². The molecule has 5 rings (SSSR count). The molecule has 0 bridgehead atoms. The third-order valence-electron chi connectivity index (χ3n) is 5.58. The molecule has 1 aliphatic heterocycles. The first kappa shape index (κ1) is 20.4. The Labute approximate surface area is 189 Å². The van der Waals surface area contributed by atoms with Crippen LogP contribution in [0.5, 0.6) is 0 Å². The number of carbonyl (C=O) groups excluding carboxylic acids is 1. The average molecular weight is 453 g/mol. The summed E-state index contributed by atoms with van der Waals surface area (Å²) < 4.78 is 7.44. The first-order valence-electron chi connectivity index (χ1n) is 10.4. The fraction of sp³-hybridized carbons (Fsp3) is 0.304. The number of nitrogens with zero attached hydrogens (tertiary/aromatic N) is 3. The number of aromatic nitrogens is 2. The van der Waals surface area contributed by atoms with Gasteiger partial charge in [0.15, 0.2) is 0 Å². The Bertz CT molecular complexity index is 1160. The number of carbonyl (C=O) groups is 1. The van der Waals surface area contributed by atoms with Gasteiger partial charge in [-0.2, -0.15) is 5.10 Å². The van der Waals surface area contributed by atoms with E-state index in [4.69, 9.17) is 4.74 Å². The van der Waals surface area contributed by atoms with Crippen molar-refractivity contribution in [3.63, 3.8) is 0 Å². The van der Waals surface area contributed by atoms with Gasteiger partial charge < -0.3 is 10.1 Å². The summed E-state index contributed by atoms with van der Waals surface area (Å²) in [5, 5.41) is 11.0. The number of thiophene rings is 2. The number of benzene rings is 1. The van der Waals surface area contributed by atoms with Crippen molar-refractivity contribution < 1.29 is 9.53 Å². The molecule has 1 amide bonds. The van der Waals surface area contributed by atoms with Crippen LogP contribution in [0.2, 0.25) is 0 Å². The maximum absolute atomic E-state index is 13.1. The highest BCUT2D eigenvalue weighted by Gasteiger charge is 2.25. The molecule has 4 heterocycles. The fourth-order valence-corrected chi connectivity index (χ4v) is 5.92. The van der Waals surface area contributed by atoms with Crippen LogP contribution in [0, 0.1) is 6.92 Å². The number of aryl methyl sites for hydroxylation is 1. The molecule has 1 atom stereocenters. The quantitative estimate of drug-likeness (QED) is 0.475. The normalized spacial score (nSPS) is 15.9. The van der Waals surface area contributed by atoms with Gasteiger partial charge in [-0.3, -0.25) is 9.69 Å². The molecule has 1 saturated heterocycles. The minimum atomic E-state index is -0.0324. The van der Waals surface area contributed by atoms with Gasteiger partial charge in [-0.25, -0.2) is 4.68 Å². The number of para-hydroxylation sites is 1. The second-order valence-electron chi connectivity index (χ2n) is 7.55. The SMILES string of the molecule is Cc1nn(-c2ccccc2)c2sc(C(=O)NCC(c3cccs3)N3CCOCC3)cc12. The number of hydrogen-bond acceptors (Lipinski definition) is 6. The Kier molecular flexibility index (Phi) is 5.87. The lowest BCUT2D eigenvalue weighted by molar-refractivity contribution is 0.0169. The fourth-order valence-electron chi connectivity index (χ4n) is 3.96. The molecule has 8 heteroatoms. The van der Waals surface area contributed by atoms with Gasteiger partial charge in [-0.05, 0) is 36.6 Å². The van der Waals surface area contributed by atoms with E-state index in [1.54, 1.807) is 11.3 Å². The molecular formula is C23H24N4O2S2. The zero-order chi connectivity index (χ0) is 21.2. The summed E-state index contributed by atoms with van der Waals surface area (Å²) >= 11 is 3.23. The highest BCUT2D eigenvalue weighted by Crippen LogP contribution is 2.31. The van der Waals surface area contributed by atoms with Crippen molar-refractivity contribution in [1.29, 1.82) is 0 Å².